The van der Waals surface area contributed by atoms with Gasteiger partial charge in [0.05, 0.1) is 0 Å². The number of hydrogen-bond donors (Lipinski definition) is 2. The lowest BCUT2D eigenvalue weighted by molar-refractivity contribution is -0.312. The van der Waals surface area contributed by atoms with Crippen LogP contribution in [0, 0.1) is 40.4 Å². The minimum atomic E-state index is -1.51. The van der Waals surface area contributed by atoms with Crippen LogP contribution in [0.3, 0.4) is 0 Å². The second-order valence-corrected chi connectivity index (χ2v) is 9.93. The molecule has 3 heteroatoms. The minimum absolute atomic E-state index is 0.151. The number of Topliss-reactive ketones (excluding diaryl/α,β-unsaturated/α-hetero) is 1. The first-order valence-corrected chi connectivity index (χ1v) is 10.2. The maximum atomic E-state index is 12.2. The van der Waals surface area contributed by atoms with Crippen molar-refractivity contribution in [2.75, 3.05) is 0 Å². The highest BCUT2D eigenvalue weighted by molar-refractivity contribution is 5.79. The Morgan fingerprint density at radius 3 is 2.38 bits per heavy atom. The van der Waals surface area contributed by atoms with Gasteiger partial charge < -0.3 is 10.2 Å². The first-order valence-electron chi connectivity index (χ1n) is 10.2. The lowest BCUT2D eigenvalue weighted by Gasteiger charge is -2.63. The number of rotatable bonds is 1. The third kappa shape index (κ3) is 2.00. The lowest BCUT2D eigenvalue weighted by atomic mass is 9.43. The van der Waals surface area contributed by atoms with Gasteiger partial charge in [0, 0.05) is 17.8 Å². The van der Waals surface area contributed by atoms with Crippen molar-refractivity contribution in [2.45, 2.75) is 84.3 Å². The number of ketones is 1. The molecule has 0 aromatic rings. The van der Waals surface area contributed by atoms with E-state index in [0.717, 1.165) is 44.9 Å². The highest BCUT2D eigenvalue weighted by Gasteiger charge is 2.65. The summed E-state index contributed by atoms with van der Waals surface area (Å²) >= 11 is 0. The molecular weight excluding hydrogens is 300 g/mol. The van der Waals surface area contributed by atoms with Gasteiger partial charge in [-0.05, 0) is 87.4 Å². The summed E-state index contributed by atoms with van der Waals surface area (Å²) in [5.41, 5.74) is -0.206. The molecule has 0 saturated heterocycles. The second kappa shape index (κ2) is 5.30. The average Bonchev–Trinajstić information content (AvgIpc) is 2.86. The van der Waals surface area contributed by atoms with Crippen LogP contribution in [0.5, 0.6) is 0 Å². The summed E-state index contributed by atoms with van der Waals surface area (Å²) in [6.07, 6.45) is 9.35. The third-order valence-corrected chi connectivity index (χ3v) is 9.34. The summed E-state index contributed by atoms with van der Waals surface area (Å²) in [4.78, 5) is 12.2. The summed E-state index contributed by atoms with van der Waals surface area (Å²) < 4.78 is 0. The first-order chi connectivity index (χ1) is 11.2. The molecule has 0 aliphatic heterocycles. The van der Waals surface area contributed by atoms with Gasteiger partial charge in [0.15, 0.2) is 5.79 Å². The zero-order valence-corrected chi connectivity index (χ0v) is 15.6. The van der Waals surface area contributed by atoms with Crippen molar-refractivity contribution < 1.29 is 15.0 Å². The predicted molar refractivity (Wildman–Crippen MR) is 93.1 cm³/mol. The van der Waals surface area contributed by atoms with Crippen molar-refractivity contribution in [3.8, 4) is 0 Å². The van der Waals surface area contributed by atoms with E-state index in [2.05, 4.69) is 13.8 Å². The molecule has 24 heavy (non-hydrogen) atoms. The quantitative estimate of drug-likeness (QED) is 0.715. The Hall–Kier alpha value is -0.410. The Morgan fingerprint density at radius 1 is 0.917 bits per heavy atom. The second-order valence-electron chi connectivity index (χ2n) is 9.93. The predicted octanol–water partition coefficient (Wildman–Crippen LogP) is 3.92. The molecule has 136 valence electrons. The Bertz CT molecular complexity index is 541. The van der Waals surface area contributed by atoms with Crippen LogP contribution >= 0.6 is 0 Å². The largest absolute Gasteiger partial charge is 0.365 e. The SMILES string of the molecule is CC(=O)[C@H]1CC[C@@H]2[C@@H]3CC[C@@H]4CCCC(O)(O)[C@]4(C)[C@H]3CC[C@]12C. The van der Waals surface area contributed by atoms with E-state index < -0.39 is 5.79 Å². The smallest absolute Gasteiger partial charge is 0.168 e. The Morgan fingerprint density at radius 2 is 1.67 bits per heavy atom. The molecule has 0 aromatic heterocycles. The number of fused-ring (bicyclic) bond motifs is 5. The van der Waals surface area contributed by atoms with E-state index in [0.29, 0.717) is 35.9 Å². The topological polar surface area (TPSA) is 57.5 Å². The zero-order valence-electron chi connectivity index (χ0n) is 15.6. The number of hydrogen-bond acceptors (Lipinski definition) is 3. The van der Waals surface area contributed by atoms with Gasteiger partial charge in [-0.3, -0.25) is 4.79 Å². The van der Waals surface area contributed by atoms with E-state index in [4.69, 9.17) is 0 Å². The maximum Gasteiger partial charge on any atom is 0.168 e. The van der Waals surface area contributed by atoms with E-state index >= 15 is 0 Å². The van der Waals surface area contributed by atoms with Gasteiger partial charge in [0.25, 0.3) is 0 Å². The monoisotopic (exact) mass is 334 g/mol. The maximum absolute atomic E-state index is 12.2. The van der Waals surface area contributed by atoms with Crippen LogP contribution in [0.2, 0.25) is 0 Å². The first kappa shape index (κ1) is 17.0. The normalized spacial score (nSPS) is 53.0. The molecule has 4 saturated carbocycles. The van der Waals surface area contributed by atoms with E-state index in [1.807, 2.05) is 0 Å². The van der Waals surface area contributed by atoms with Gasteiger partial charge >= 0.3 is 0 Å². The highest BCUT2D eigenvalue weighted by Crippen LogP contribution is 2.68. The van der Waals surface area contributed by atoms with E-state index in [1.165, 1.54) is 6.42 Å². The van der Waals surface area contributed by atoms with Crippen LogP contribution in [0.1, 0.15) is 78.6 Å². The van der Waals surface area contributed by atoms with Gasteiger partial charge in [-0.2, -0.15) is 0 Å². The van der Waals surface area contributed by atoms with Crippen molar-refractivity contribution >= 4 is 5.78 Å². The number of aliphatic hydroxyl groups is 2. The van der Waals surface area contributed by atoms with Crippen molar-refractivity contribution in [2.24, 2.45) is 40.4 Å². The van der Waals surface area contributed by atoms with Crippen LogP contribution in [0.4, 0.5) is 0 Å². The Labute approximate surface area is 146 Å². The third-order valence-electron chi connectivity index (χ3n) is 9.34. The molecule has 4 aliphatic carbocycles. The Kier molecular flexibility index (Phi) is 3.76. The molecule has 4 rings (SSSR count). The van der Waals surface area contributed by atoms with Crippen molar-refractivity contribution in [1.82, 2.24) is 0 Å². The molecule has 0 amide bonds. The number of carbonyl (C=O) groups excluding carboxylic acids is 1. The summed E-state index contributed by atoms with van der Waals surface area (Å²) in [6.45, 7) is 6.30. The molecule has 0 heterocycles. The standard InChI is InChI=1S/C21H34O3/c1-13(22)16-8-9-17-15-7-6-14-5-4-11-21(23,24)20(14,3)18(15)10-12-19(16,17)2/h14-18,23-24H,4-12H2,1-3H3/t14-,15-,16+,17+,18-,19+,20-/m0/s1. The molecule has 4 fully saturated rings. The summed E-state index contributed by atoms with van der Waals surface area (Å²) in [5, 5.41) is 21.8. The number of carbonyl (C=O) groups is 1. The molecule has 3 nitrogen and oxygen atoms in total. The van der Waals surface area contributed by atoms with Crippen LogP contribution in [0.25, 0.3) is 0 Å². The highest BCUT2D eigenvalue weighted by atomic mass is 16.5. The molecule has 0 aromatic carbocycles. The Balaban J connectivity index is 1.69. The van der Waals surface area contributed by atoms with E-state index in [9.17, 15) is 15.0 Å². The van der Waals surface area contributed by atoms with Crippen molar-refractivity contribution in [3.05, 3.63) is 0 Å². The van der Waals surface area contributed by atoms with E-state index in [-0.39, 0.29) is 16.7 Å². The molecule has 0 bridgehead atoms. The van der Waals surface area contributed by atoms with Crippen LogP contribution in [-0.2, 0) is 4.79 Å². The van der Waals surface area contributed by atoms with Gasteiger partial charge in [0.1, 0.15) is 5.78 Å². The zero-order chi connectivity index (χ0) is 17.3. The van der Waals surface area contributed by atoms with Crippen molar-refractivity contribution in [1.29, 1.82) is 0 Å². The minimum Gasteiger partial charge on any atom is -0.365 e. The van der Waals surface area contributed by atoms with Gasteiger partial charge in [-0.1, -0.05) is 13.8 Å². The molecule has 0 spiro atoms. The lowest BCUT2D eigenvalue weighted by Crippen LogP contribution is -2.63. The van der Waals surface area contributed by atoms with E-state index in [1.54, 1.807) is 6.92 Å². The molecule has 0 radical (unpaired) electrons. The average molecular weight is 335 g/mol. The molecule has 2 N–H and O–H groups in total. The van der Waals surface area contributed by atoms with Crippen molar-refractivity contribution in [3.63, 3.8) is 0 Å². The van der Waals surface area contributed by atoms with Gasteiger partial charge in [0.2, 0.25) is 0 Å². The fourth-order valence-electron chi connectivity index (χ4n) is 8.03. The summed E-state index contributed by atoms with van der Waals surface area (Å²) in [7, 11) is 0. The van der Waals surface area contributed by atoms with Crippen LogP contribution in [0.15, 0.2) is 0 Å². The fraction of sp³-hybridized carbons (Fsp3) is 0.952. The fourth-order valence-corrected chi connectivity index (χ4v) is 8.03. The molecule has 7 atom stereocenters. The molecule has 4 aliphatic rings. The van der Waals surface area contributed by atoms with Crippen LogP contribution in [-0.4, -0.2) is 21.8 Å². The summed E-state index contributed by atoms with van der Waals surface area (Å²) in [5.74, 6) is 1.13. The molecular formula is C21H34O3. The van der Waals surface area contributed by atoms with Gasteiger partial charge in [-0.15, -0.1) is 0 Å². The van der Waals surface area contributed by atoms with Gasteiger partial charge in [-0.25, -0.2) is 0 Å². The molecule has 0 unspecified atom stereocenters. The summed E-state index contributed by atoms with van der Waals surface area (Å²) in [6, 6.07) is 0. The van der Waals surface area contributed by atoms with Crippen LogP contribution < -0.4 is 0 Å².